The number of aromatic nitrogens is 2. The van der Waals surface area contributed by atoms with Gasteiger partial charge >= 0.3 is 6.18 Å². The van der Waals surface area contributed by atoms with Gasteiger partial charge in [0.1, 0.15) is 0 Å². The Hall–Kier alpha value is -2.75. The molecule has 0 fully saturated rings. The van der Waals surface area contributed by atoms with E-state index in [9.17, 15) is 23.3 Å². The van der Waals surface area contributed by atoms with Crippen molar-refractivity contribution in [3.8, 4) is 0 Å². The molecule has 3 aromatic rings. The van der Waals surface area contributed by atoms with E-state index in [0.717, 1.165) is 27.9 Å². The van der Waals surface area contributed by atoms with Crippen molar-refractivity contribution in [2.45, 2.75) is 19.6 Å². The predicted molar refractivity (Wildman–Crippen MR) is 87.6 cm³/mol. The standard InChI is InChI=1S/C15H11F3N4O2S/c1-8-13-12(2-3-25-13)14(21-20-8)19-7-9-4-10(15(16,17)18)6-11(5-9)22(23)24/h2-6H,7H2,1H3,(H,19,21). The van der Waals surface area contributed by atoms with Crippen molar-refractivity contribution in [1.29, 1.82) is 0 Å². The second kappa shape index (κ2) is 6.28. The third-order valence-corrected chi connectivity index (χ3v) is 4.55. The van der Waals surface area contributed by atoms with Crippen LogP contribution in [-0.4, -0.2) is 15.1 Å². The second-order valence-electron chi connectivity index (χ2n) is 5.29. The van der Waals surface area contributed by atoms with Gasteiger partial charge in [-0.25, -0.2) is 0 Å². The minimum absolute atomic E-state index is 0.0482. The van der Waals surface area contributed by atoms with Crippen molar-refractivity contribution in [1.82, 2.24) is 10.2 Å². The Morgan fingerprint density at radius 3 is 2.72 bits per heavy atom. The van der Waals surface area contributed by atoms with Crippen LogP contribution < -0.4 is 5.32 Å². The Kier molecular flexibility index (Phi) is 4.29. The Bertz CT molecular complexity index is 956. The van der Waals surface area contributed by atoms with Crippen LogP contribution in [0.1, 0.15) is 16.8 Å². The average Bonchev–Trinajstić information content (AvgIpc) is 3.04. The molecule has 0 aliphatic heterocycles. The molecule has 2 aromatic heterocycles. The number of hydrogen-bond acceptors (Lipinski definition) is 6. The Morgan fingerprint density at radius 2 is 2.04 bits per heavy atom. The summed E-state index contributed by atoms with van der Waals surface area (Å²) in [6, 6.07) is 4.34. The van der Waals surface area contributed by atoms with Crippen molar-refractivity contribution in [2.75, 3.05) is 5.32 Å². The zero-order valence-corrected chi connectivity index (χ0v) is 13.6. The average molecular weight is 368 g/mol. The van der Waals surface area contributed by atoms with E-state index in [0.29, 0.717) is 11.9 Å². The molecule has 10 heteroatoms. The fraction of sp³-hybridized carbons (Fsp3) is 0.200. The van der Waals surface area contributed by atoms with E-state index in [1.165, 1.54) is 11.3 Å². The predicted octanol–water partition coefficient (Wildman–Crippen LogP) is 4.54. The first kappa shape index (κ1) is 17.1. The molecule has 1 aromatic carbocycles. The summed E-state index contributed by atoms with van der Waals surface area (Å²) in [4.78, 5) is 10.0. The summed E-state index contributed by atoms with van der Waals surface area (Å²) in [5.74, 6) is 0.418. The van der Waals surface area contributed by atoms with Gasteiger partial charge in [0.25, 0.3) is 5.69 Å². The molecule has 130 valence electrons. The highest BCUT2D eigenvalue weighted by molar-refractivity contribution is 7.17. The monoisotopic (exact) mass is 368 g/mol. The lowest BCUT2D eigenvalue weighted by molar-refractivity contribution is -0.385. The number of anilines is 1. The first-order valence-corrected chi connectivity index (χ1v) is 7.93. The van der Waals surface area contributed by atoms with Gasteiger partial charge in [0.2, 0.25) is 0 Å². The molecule has 0 unspecified atom stereocenters. The normalized spacial score (nSPS) is 11.7. The minimum atomic E-state index is -4.66. The lowest BCUT2D eigenvalue weighted by Gasteiger charge is -2.11. The molecule has 2 heterocycles. The number of aryl methyl sites for hydroxylation is 1. The summed E-state index contributed by atoms with van der Waals surface area (Å²) in [7, 11) is 0. The summed E-state index contributed by atoms with van der Waals surface area (Å²) >= 11 is 1.48. The van der Waals surface area contributed by atoms with Gasteiger partial charge in [-0.3, -0.25) is 10.1 Å². The highest BCUT2D eigenvalue weighted by atomic mass is 32.1. The van der Waals surface area contributed by atoms with Crippen LogP contribution in [0, 0.1) is 17.0 Å². The molecule has 0 radical (unpaired) electrons. The van der Waals surface area contributed by atoms with Crippen LogP contribution >= 0.6 is 11.3 Å². The zero-order valence-electron chi connectivity index (χ0n) is 12.8. The smallest absolute Gasteiger partial charge is 0.364 e. The number of nitro groups is 1. The molecular weight excluding hydrogens is 357 g/mol. The number of alkyl halides is 3. The number of nitrogens with zero attached hydrogens (tertiary/aromatic N) is 3. The Morgan fingerprint density at radius 1 is 1.28 bits per heavy atom. The minimum Gasteiger partial charge on any atom is -0.364 e. The highest BCUT2D eigenvalue weighted by Gasteiger charge is 2.32. The molecule has 0 saturated carbocycles. The molecule has 1 N–H and O–H groups in total. The van der Waals surface area contributed by atoms with E-state index < -0.39 is 22.4 Å². The molecule has 0 amide bonds. The fourth-order valence-corrected chi connectivity index (χ4v) is 3.20. The second-order valence-corrected chi connectivity index (χ2v) is 6.21. The topological polar surface area (TPSA) is 81.0 Å². The van der Waals surface area contributed by atoms with Gasteiger partial charge < -0.3 is 5.32 Å². The number of non-ortho nitro benzene ring substituents is 1. The molecule has 0 aliphatic rings. The van der Waals surface area contributed by atoms with Gasteiger partial charge in [-0.1, -0.05) is 0 Å². The Balaban J connectivity index is 1.92. The van der Waals surface area contributed by atoms with Gasteiger partial charge in [0.15, 0.2) is 5.82 Å². The van der Waals surface area contributed by atoms with Crippen molar-refractivity contribution in [3.05, 3.63) is 56.6 Å². The third-order valence-electron chi connectivity index (χ3n) is 3.52. The quantitative estimate of drug-likeness (QED) is 0.540. The fourth-order valence-electron chi connectivity index (χ4n) is 2.36. The number of thiophene rings is 1. The lowest BCUT2D eigenvalue weighted by Crippen LogP contribution is -2.09. The number of benzene rings is 1. The van der Waals surface area contributed by atoms with Crippen LogP contribution in [0.4, 0.5) is 24.7 Å². The van der Waals surface area contributed by atoms with Gasteiger partial charge in [-0.15, -0.1) is 16.4 Å². The molecule has 0 saturated heterocycles. The van der Waals surface area contributed by atoms with E-state index in [1.807, 2.05) is 18.4 Å². The molecule has 6 nitrogen and oxygen atoms in total. The van der Waals surface area contributed by atoms with Crippen molar-refractivity contribution in [2.24, 2.45) is 0 Å². The third kappa shape index (κ3) is 3.53. The van der Waals surface area contributed by atoms with Gasteiger partial charge in [-0.05, 0) is 30.0 Å². The van der Waals surface area contributed by atoms with Gasteiger partial charge in [-0.2, -0.15) is 18.3 Å². The number of fused-ring (bicyclic) bond motifs is 1. The maximum Gasteiger partial charge on any atom is 0.416 e. The number of nitrogens with one attached hydrogen (secondary N) is 1. The van der Waals surface area contributed by atoms with Crippen molar-refractivity contribution >= 4 is 32.9 Å². The molecule has 25 heavy (non-hydrogen) atoms. The van der Waals surface area contributed by atoms with Crippen LogP contribution in [0.5, 0.6) is 0 Å². The van der Waals surface area contributed by atoms with Crippen LogP contribution in [0.25, 0.3) is 10.1 Å². The van der Waals surface area contributed by atoms with E-state index in [2.05, 4.69) is 15.5 Å². The summed E-state index contributed by atoms with van der Waals surface area (Å²) in [5.41, 5.74) is -0.783. The van der Waals surface area contributed by atoms with E-state index in [4.69, 9.17) is 0 Å². The number of halogens is 3. The van der Waals surface area contributed by atoms with Crippen molar-refractivity contribution < 1.29 is 18.1 Å². The summed E-state index contributed by atoms with van der Waals surface area (Å²) < 4.78 is 39.7. The van der Waals surface area contributed by atoms with E-state index >= 15 is 0 Å². The molecule has 0 spiro atoms. The van der Waals surface area contributed by atoms with E-state index in [1.54, 1.807) is 0 Å². The molecular formula is C15H11F3N4O2S. The molecule has 0 aliphatic carbocycles. The summed E-state index contributed by atoms with van der Waals surface area (Å²) in [6.45, 7) is 1.76. The lowest BCUT2D eigenvalue weighted by atomic mass is 10.1. The Labute approximate surface area is 143 Å². The van der Waals surface area contributed by atoms with Crippen LogP contribution in [0.15, 0.2) is 29.6 Å². The maximum absolute atomic E-state index is 12.9. The van der Waals surface area contributed by atoms with Crippen LogP contribution in [0.2, 0.25) is 0 Å². The molecule has 3 rings (SSSR count). The first-order valence-electron chi connectivity index (χ1n) is 7.05. The molecule has 0 atom stereocenters. The summed E-state index contributed by atoms with van der Waals surface area (Å²) in [5, 5.41) is 24.5. The SMILES string of the molecule is Cc1nnc(NCc2cc([N+](=O)[O-])cc(C(F)(F)F)c2)c2ccsc12. The van der Waals surface area contributed by atoms with Gasteiger partial charge in [0.05, 0.1) is 20.9 Å². The van der Waals surface area contributed by atoms with E-state index in [-0.39, 0.29) is 12.1 Å². The zero-order chi connectivity index (χ0) is 18.2. The number of nitro benzene ring substituents is 1. The number of hydrogen-bond donors (Lipinski definition) is 1. The van der Waals surface area contributed by atoms with Crippen molar-refractivity contribution in [3.63, 3.8) is 0 Å². The van der Waals surface area contributed by atoms with Crippen LogP contribution in [-0.2, 0) is 12.7 Å². The highest BCUT2D eigenvalue weighted by Crippen LogP contribution is 2.33. The molecule has 0 bridgehead atoms. The van der Waals surface area contributed by atoms with Gasteiger partial charge in [0, 0.05) is 24.1 Å². The first-order chi connectivity index (χ1) is 11.8. The number of rotatable bonds is 4. The maximum atomic E-state index is 12.9. The largest absolute Gasteiger partial charge is 0.416 e. The van der Waals surface area contributed by atoms with Crippen LogP contribution in [0.3, 0.4) is 0 Å². The summed E-state index contributed by atoms with van der Waals surface area (Å²) in [6.07, 6.45) is -4.66.